The van der Waals surface area contributed by atoms with Gasteiger partial charge in [0.25, 0.3) is 10.0 Å². The van der Waals surface area contributed by atoms with Gasteiger partial charge in [0, 0.05) is 36.8 Å². The van der Waals surface area contributed by atoms with E-state index in [-0.39, 0.29) is 10.2 Å². The number of hydrogen-bond acceptors (Lipinski definition) is 6. The van der Waals surface area contributed by atoms with Crippen LogP contribution in [0.4, 0.5) is 15.2 Å². The number of thiazole rings is 1. The van der Waals surface area contributed by atoms with E-state index >= 15 is 0 Å². The van der Waals surface area contributed by atoms with Crippen molar-refractivity contribution in [3.8, 4) is 0 Å². The number of sulfonamides is 1. The zero-order valence-electron chi connectivity index (χ0n) is 13.7. The lowest BCUT2D eigenvalue weighted by Gasteiger charge is -2.23. The lowest BCUT2D eigenvalue weighted by Crippen LogP contribution is -2.31. The van der Waals surface area contributed by atoms with Crippen molar-refractivity contribution in [2.45, 2.75) is 17.4 Å². The first-order valence-corrected chi connectivity index (χ1v) is 10.3. The highest BCUT2D eigenvalue weighted by Gasteiger charge is 2.28. The van der Waals surface area contributed by atoms with Crippen LogP contribution < -0.4 is 9.62 Å². The normalized spacial score (nSPS) is 18.1. The van der Waals surface area contributed by atoms with E-state index in [1.165, 1.54) is 12.3 Å². The number of halogens is 2. The highest BCUT2D eigenvalue weighted by atomic mass is 35.5. The largest absolute Gasteiger partial charge is 0.369 e. The predicted molar refractivity (Wildman–Crippen MR) is 98.6 cm³/mol. The lowest BCUT2D eigenvalue weighted by atomic mass is 10.2. The van der Waals surface area contributed by atoms with Gasteiger partial charge in [0.15, 0.2) is 5.13 Å². The summed E-state index contributed by atoms with van der Waals surface area (Å²) < 4.78 is 41.6. The van der Waals surface area contributed by atoms with Crippen LogP contribution in [0.3, 0.4) is 0 Å². The van der Waals surface area contributed by atoms with Crippen molar-refractivity contribution in [2.24, 2.45) is 0 Å². The quantitative estimate of drug-likeness (QED) is 0.830. The average Bonchev–Trinajstić information content (AvgIpc) is 3.20. The molecule has 2 aromatic rings. The third kappa shape index (κ3) is 3.89. The average molecular weight is 405 g/mol. The minimum atomic E-state index is -4.09. The van der Waals surface area contributed by atoms with Crippen molar-refractivity contribution in [3.63, 3.8) is 0 Å². The molecule has 2 heterocycles. The Bertz CT molecular complexity index is 859. The first kappa shape index (κ1) is 18.4. The molecule has 6 nitrogen and oxygen atoms in total. The Balaban J connectivity index is 1.88. The van der Waals surface area contributed by atoms with Gasteiger partial charge in [-0.15, -0.1) is 11.3 Å². The van der Waals surface area contributed by atoms with E-state index in [0.29, 0.717) is 11.7 Å². The molecule has 0 aliphatic carbocycles. The van der Waals surface area contributed by atoms with Crippen LogP contribution in [0.2, 0.25) is 5.02 Å². The highest BCUT2D eigenvalue weighted by Crippen LogP contribution is 2.34. The summed E-state index contributed by atoms with van der Waals surface area (Å²) in [4.78, 5) is 7.44. The van der Waals surface area contributed by atoms with Gasteiger partial charge >= 0.3 is 0 Å². The standard InChI is InChI=1S/C15H18ClFN4O2S2/c1-20(2)10-3-5-21(9-10)13-8-12(17)14(7-11(13)16)25(22,23)19-15-18-4-6-24-15/h4,6-8,10H,3,5,9H2,1-2H3,(H,18,19). The highest BCUT2D eigenvalue weighted by molar-refractivity contribution is 7.93. The van der Waals surface area contributed by atoms with Crippen LogP contribution in [-0.2, 0) is 10.0 Å². The SMILES string of the molecule is CN(C)C1CCN(c2cc(F)c(S(=O)(=O)Nc3nccs3)cc2Cl)C1. The number of rotatable bonds is 5. The molecule has 1 N–H and O–H groups in total. The van der Waals surface area contributed by atoms with Gasteiger partial charge in [-0.2, -0.15) is 0 Å². The molecule has 0 spiro atoms. The minimum Gasteiger partial charge on any atom is -0.369 e. The molecule has 0 radical (unpaired) electrons. The molecule has 136 valence electrons. The maximum absolute atomic E-state index is 14.5. The van der Waals surface area contributed by atoms with E-state index in [1.807, 2.05) is 19.0 Å². The number of nitrogens with one attached hydrogen (secondary N) is 1. The number of anilines is 2. The van der Waals surface area contributed by atoms with Crippen LogP contribution in [0.15, 0.2) is 28.6 Å². The van der Waals surface area contributed by atoms with Gasteiger partial charge in [0.05, 0.1) is 10.7 Å². The topological polar surface area (TPSA) is 65.5 Å². The van der Waals surface area contributed by atoms with Gasteiger partial charge in [-0.25, -0.2) is 17.8 Å². The first-order valence-electron chi connectivity index (χ1n) is 7.60. The van der Waals surface area contributed by atoms with E-state index < -0.39 is 20.7 Å². The first-order chi connectivity index (χ1) is 11.8. The summed E-state index contributed by atoms with van der Waals surface area (Å²) in [6, 6.07) is 2.70. The smallest absolute Gasteiger partial charge is 0.266 e. The van der Waals surface area contributed by atoms with Gasteiger partial charge < -0.3 is 9.80 Å². The zero-order valence-corrected chi connectivity index (χ0v) is 16.1. The maximum Gasteiger partial charge on any atom is 0.266 e. The van der Waals surface area contributed by atoms with E-state index in [9.17, 15) is 12.8 Å². The predicted octanol–water partition coefficient (Wildman–Crippen LogP) is 2.88. The van der Waals surface area contributed by atoms with E-state index in [4.69, 9.17) is 11.6 Å². The van der Waals surface area contributed by atoms with E-state index in [1.54, 1.807) is 5.38 Å². The van der Waals surface area contributed by atoms with Gasteiger partial charge in [-0.05, 0) is 26.6 Å². The molecule has 1 unspecified atom stereocenters. The van der Waals surface area contributed by atoms with E-state index in [0.717, 1.165) is 36.9 Å². The fourth-order valence-corrected chi connectivity index (χ4v) is 5.02. The summed E-state index contributed by atoms with van der Waals surface area (Å²) in [6.07, 6.45) is 2.40. The molecule has 25 heavy (non-hydrogen) atoms. The summed E-state index contributed by atoms with van der Waals surface area (Å²) in [6.45, 7) is 1.46. The monoisotopic (exact) mass is 404 g/mol. The molecule has 1 fully saturated rings. The summed E-state index contributed by atoms with van der Waals surface area (Å²) in [5, 5.41) is 2.01. The van der Waals surface area contributed by atoms with Gasteiger partial charge in [0.2, 0.25) is 0 Å². The van der Waals surface area contributed by atoms with Crippen molar-refractivity contribution >= 4 is 43.8 Å². The Hall–Kier alpha value is -1.42. The van der Waals surface area contributed by atoms with Crippen LogP contribution in [0.25, 0.3) is 0 Å². The molecule has 0 saturated carbocycles. The Morgan fingerprint density at radius 3 is 2.80 bits per heavy atom. The second-order valence-electron chi connectivity index (χ2n) is 6.03. The van der Waals surface area contributed by atoms with Crippen molar-refractivity contribution in [2.75, 3.05) is 36.8 Å². The molecule has 1 aliphatic rings. The second kappa shape index (κ2) is 7.06. The molecule has 1 aliphatic heterocycles. The zero-order chi connectivity index (χ0) is 18.2. The van der Waals surface area contributed by atoms with Crippen LogP contribution in [-0.4, -0.2) is 51.5 Å². The van der Waals surface area contributed by atoms with Gasteiger partial charge in [-0.1, -0.05) is 11.6 Å². The van der Waals surface area contributed by atoms with Crippen molar-refractivity contribution in [3.05, 3.63) is 34.5 Å². The summed E-state index contributed by atoms with van der Waals surface area (Å²) in [5.41, 5.74) is 0.511. The summed E-state index contributed by atoms with van der Waals surface area (Å²) in [7, 11) is -0.0965. The Labute approximate surface area is 155 Å². The molecule has 1 aromatic heterocycles. The third-order valence-corrected chi connectivity index (χ3v) is 6.65. The third-order valence-electron chi connectivity index (χ3n) is 4.18. The van der Waals surface area contributed by atoms with E-state index in [2.05, 4.69) is 14.6 Å². The number of likely N-dealkylation sites (N-methyl/N-ethyl adjacent to an activating group) is 1. The fourth-order valence-electron chi connectivity index (χ4n) is 2.79. The van der Waals surface area contributed by atoms with Gasteiger partial charge in [0.1, 0.15) is 10.7 Å². The van der Waals surface area contributed by atoms with Crippen molar-refractivity contribution in [1.82, 2.24) is 9.88 Å². The molecular weight excluding hydrogens is 387 g/mol. The number of hydrogen-bond donors (Lipinski definition) is 1. The number of nitrogens with zero attached hydrogens (tertiary/aromatic N) is 3. The molecule has 1 aromatic carbocycles. The lowest BCUT2D eigenvalue weighted by molar-refractivity contribution is 0.315. The van der Waals surface area contributed by atoms with Gasteiger partial charge in [-0.3, -0.25) is 4.72 Å². The molecule has 1 atom stereocenters. The van der Waals surface area contributed by atoms with Crippen molar-refractivity contribution in [1.29, 1.82) is 0 Å². The molecule has 1 saturated heterocycles. The number of aromatic nitrogens is 1. The van der Waals surface area contributed by atoms with Crippen LogP contribution in [0.5, 0.6) is 0 Å². The Morgan fingerprint density at radius 2 is 2.20 bits per heavy atom. The fraction of sp³-hybridized carbons (Fsp3) is 0.400. The van der Waals surface area contributed by atoms with Crippen molar-refractivity contribution < 1.29 is 12.8 Å². The molecule has 0 bridgehead atoms. The molecular formula is C15H18ClFN4O2S2. The van der Waals surface area contributed by atoms with Crippen LogP contribution in [0, 0.1) is 5.82 Å². The molecule has 0 amide bonds. The summed E-state index contributed by atoms with van der Waals surface area (Å²) in [5.74, 6) is -0.836. The van der Waals surface area contributed by atoms with Crippen LogP contribution >= 0.6 is 22.9 Å². The molecule has 10 heteroatoms. The summed E-state index contributed by atoms with van der Waals surface area (Å²) >= 11 is 7.38. The number of benzene rings is 1. The maximum atomic E-state index is 14.5. The van der Waals surface area contributed by atoms with Crippen LogP contribution in [0.1, 0.15) is 6.42 Å². The Kier molecular flexibility index (Phi) is 5.19. The minimum absolute atomic E-state index is 0.174. The Morgan fingerprint density at radius 1 is 1.44 bits per heavy atom. The molecule has 3 rings (SSSR count). The second-order valence-corrected chi connectivity index (χ2v) is 8.98.